The highest BCUT2D eigenvalue weighted by molar-refractivity contribution is 7.80. The maximum absolute atomic E-state index is 5.24. The second-order valence-electron chi connectivity index (χ2n) is 2.20. The van der Waals surface area contributed by atoms with Crippen LogP contribution in [0.2, 0.25) is 0 Å². The second-order valence-corrected chi connectivity index (χ2v) is 2.63. The van der Waals surface area contributed by atoms with Crippen molar-refractivity contribution in [2.75, 3.05) is 6.61 Å². The predicted octanol–water partition coefficient (Wildman–Crippen LogP) is 2.92. The highest BCUT2D eigenvalue weighted by Gasteiger charge is 2.03. The van der Waals surface area contributed by atoms with Crippen LogP contribution in [0.15, 0.2) is 30.3 Å². The van der Waals surface area contributed by atoms with Gasteiger partial charge in [0.15, 0.2) is 0 Å². The van der Waals surface area contributed by atoms with E-state index in [-0.39, 0.29) is 5.44 Å². The predicted molar refractivity (Wildman–Crippen MR) is 48.4 cm³/mol. The molecule has 59 valence electrons. The van der Waals surface area contributed by atoms with Gasteiger partial charge in [-0.05, 0) is 12.5 Å². The van der Waals surface area contributed by atoms with Crippen molar-refractivity contribution in [3.63, 3.8) is 0 Å². The average molecular weight is 167 g/mol. The smallest absolute Gasteiger partial charge is 0.138 e. The average Bonchev–Trinajstić information content (AvgIpc) is 2.07. The van der Waals surface area contributed by atoms with Crippen LogP contribution in [-0.4, -0.2) is 6.61 Å². The molecule has 1 radical (unpaired) electrons. The van der Waals surface area contributed by atoms with Crippen LogP contribution in [0.4, 0.5) is 0 Å². The molecule has 1 aromatic rings. The van der Waals surface area contributed by atoms with E-state index >= 15 is 0 Å². The molecule has 1 atom stereocenters. The third-order valence-corrected chi connectivity index (χ3v) is 1.80. The molecule has 0 amide bonds. The van der Waals surface area contributed by atoms with Gasteiger partial charge in [-0.25, -0.2) is 0 Å². The number of benzene rings is 1. The number of hydrogen-bond donors (Lipinski definition) is 0. The molecule has 0 bridgehead atoms. The molecule has 0 N–H and O–H groups in total. The molecule has 0 aliphatic heterocycles. The summed E-state index contributed by atoms with van der Waals surface area (Å²) in [7, 11) is 0. The summed E-state index contributed by atoms with van der Waals surface area (Å²) in [6.07, 6.45) is 0. The lowest BCUT2D eigenvalue weighted by Crippen LogP contribution is -1.95. The van der Waals surface area contributed by atoms with Crippen LogP contribution < -0.4 is 0 Å². The molecule has 0 spiro atoms. The van der Waals surface area contributed by atoms with Gasteiger partial charge in [-0.15, -0.1) is 0 Å². The van der Waals surface area contributed by atoms with Crippen molar-refractivity contribution in [2.24, 2.45) is 0 Å². The lowest BCUT2D eigenvalue weighted by Gasteiger charge is -2.08. The van der Waals surface area contributed by atoms with Gasteiger partial charge in [0.2, 0.25) is 0 Å². The van der Waals surface area contributed by atoms with Crippen molar-refractivity contribution in [1.82, 2.24) is 0 Å². The maximum atomic E-state index is 5.24. The Morgan fingerprint density at radius 1 is 1.36 bits per heavy atom. The molecule has 0 aliphatic carbocycles. The van der Waals surface area contributed by atoms with E-state index in [0.29, 0.717) is 6.61 Å². The molecule has 2 heteroatoms. The van der Waals surface area contributed by atoms with E-state index in [2.05, 4.69) is 0 Å². The maximum Gasteiger partial charge on any atom is 0.138 e. The molecule has 11 heavy (non-hydrogen) atoms. The minimum absolute atomic E-state index is 0.193. The Morgan fingerprint density at radius 2 is 2.00 bits per heavy atom. The quantitative estimate of drug-likeness (QED) is 0.672. The van der Waals surface area contributed by atoms with E-state index in [4.69, 9.17) is 17.4 Å². The Hall–Kier alpha value is -0.470. The fraction of sp³-hybridized carbons (Fsp3) is 0.333. The summed E-state index contributed by atoms with van der Waals surface area (Å²) < 4.78 is 5.24. The number of rotatable bonds is 3. The summed E-state index contributed by atoms with van der Waals surface area (Å²) in [5.41, 5.74) is 0.866. The zero-order valence-electron chi connectivity index (χ0n) is 6.49. The number of ether oxygens (including phenoxy) is 1. The van der Waals surface area contributed by atoms with Crippen molar-refractivity contribution in [2.45, 2.75) is 12.4 Å². The van der Waals surface area contributed by atoms with E-state index in [1.165, 1.54) is 0 Å². The van der Waals surface area contributed by atoms with Crippen molar-refractivity contribution in [3.8, 4) is 0 Å². The molecule has 0 aromatic heterocycles. The molecule has 0 heterocycles. The third-order valence-electron chi connectivity index (χ3n) is 1.39. The zero-order chi connectivity index (χ0) is 8.10. The Labute approximate surface area is 72.8 Å². The Morgan fingerprint density at radius 3 is 2.55 bits per heavy atom. The normalized spacial score (nSPS) is 12.9. The Bertz CT molecular complexity index is 198. The minimum Gasteiger partial charge on any atom is -0.362 e. The summed E-state index contributed by atoms with van der Waals surface area (Å²) in [6.45, 7) is 2.62. The van der Waals surface area contributed by atoms with Gasteiger partial charge in [0.05, 0.1) is 0 Å². The van der Waals surface area contributed by atoms with Gasteiger partial charge in [-0.1, -0.05) is 43.0 Å². The lowest BCUT2D eigenvalue weighted by atomic mass is 10.2. The van der Waals surface area contributed by atoms with Crippen LogP contribution >= 0.6 is 12.6 Å². The van der Waals surface area contributed by atoms with Crippen LogP contribution in [0.1, 0.15) is 17.9 Å². The van der Waals surface area contributed by atoms with E-state index < -0.39 is 0 Å². The summed E-state index contributed by atoms with van der Waals surface area (Å²) in [5, 5.41) is 0. The first-order chi connectivity index (χ1) is 5.34. The van der Waals surface area contributed by atoms with E-state index in [0.717, 1.165) is 5.56 Å². The Balaban J connectivity index is 2.61. The minimum atomic E-state index is -0.193. The first-order valence-corrected chi connectivity index (χ1v) is 4.14. The van der Waals surface area contributed by atoms with Crippen LogP contribution in [-0.2, 0) is 4.74 Å². The summed E-state index contributed by atoms with van der Waals surface area (Å²) in [4.78, 5) is 0. The molecule has 0 saturated heterocycles. The van der Waals surface area contributed by atoms with Crippen molar-refractivity contribution in [3.05, 3.63) is 35.9 Å². The van der Waals surface area contributed by atoms with E-state index in [1.807, 2.05) is 37.3 Å². The molecular formula is C9H11OS. The van der Waals surface area contributed by atoms with Gasteiger partial charge in [-0.3, -0.25) is 0 Å². The summed E-state index contributed by atoms with van der Waals surface area (Å²) in [6, 6.07) is 9.86. The standard InChI is InChI=1S/C9H11OS/c1-2-10-9(11)8-6-4-3-5-7-8/h3-7,9H,2H2,1H3. The molecule has 1 nitrogen and oxygen atoms in total. The van der Waals surface area contributed by atoms with Gasteiger partial charge in [0, 0.05) is 6.61 Å². The van der Waals surface area contributed by atoms with Crippen molar-refractivity contribution >= 4 is 12.6 Å². The first-order valence-electron chi connectivity index (χ1n) is 3.67. The summed E-state index contributed by atoms with van der Waals surface area (Å²) in [5.74, 6) is 0. The highest BCUT2D eigenvalue weighted by atomic mass is 32.1. The van der Waals surface area contributed by atoms with Gasteiger partial charge < -0.3 is 4.74 Å². The SMILES string of the molecule is CCOC([S])c1ccccc1. The second kappa shape index (κ2) is 4.42. The molecule has 0 aliphatic rings. The molecular weight excluding hydrogens is 156 g/mol. The van der Waals surface area contributed by atoms with Gasteiger partial charge in [-0.2, -0.15) is 0 Å². The van der Waals surface area contributed by atoms with Crippen LogP contribution in [0.25, 0.3) is 0 Å². The monoisotopic (exact) mass is 167 g/mol. The molecule has 1 unspecified atom stereocenters. The van der Waals surface area contributed by atoms with Crippen LogP contribution in [0.5, 0.6) is 0 Å². The molecule has 1 rings (SSSR count). The lowest BCUT2D eigenvalue weighted by molar-refractivity contribution is 0.127. The van der Waals surface area contributed by atoms with E-state index in [9.17, 15) is 0 Å². The fourth-order valence-electron chi connectivity index (χ4n) is 0.858. The number of hydrogen-bond acceptors (Lipinski definition) is 1. The molecule has 0 fully saturated rings. The third kappa shape index (κ3) is 2.56. The molecule has 0 saturated carbocycles. The van der Waals surface area contributed by atoms with Crippen molar-refractivity contribution in [1.29, 1.82) is 0 Å². The van der Waals surface area contributed by atoms with Crippen LogP contribution in [0, 0.1) is 0 Å². The van der Waals surface area contributed by atoms with Gasteiger partial charge >= 0.3 is 0 Å². The van der Waals surface area contributed by atoms with E-state index in [1.54, 1.807) is 0 Å². The van der Waals surface area contributed by atoms with Crippen molar-refractivity contribution < 1.29 is 4.74 Å². The first kappa shape index (κ1) is 8.62. The van der Waals surface area contributed by atoms with Crippen LogP contribution in [0.3, 0.4) is 0 Å². The topological polar surface area (TPSA) is 9.23 Å². The summed E-state index contributed by atoms with van der Waals surface area (Å²) >= 11 is 5.08. The Kier molecular flexibility index (Phi) is 3.46. The fourth-order valence-corrected chi connectivity index (χ4v) is 1.15. The van der Waals surface area contributed by atoms with Gasteiger partial charge in [0.25, 0.3) is 0 Å². The van der Waals surface area contributed by atoms with Gasteiger partial charge in [0.1, 0.15) is 5.44 Å². The molecule has 1 aromatic carbocycles. The highest BCUT2D eigenvalue weighted by Crippen LogP contribution is 2.19. The largest absolute Gasteiger partial charge is 0.362 e. The zero-order valence-corrected chi connectivity index (χ0v) is 7.30.